The quantitative estimate of drug-likeness (QED) is 0.103. The molecule has 2 fully saturated rings. The van der Waals surface area contributed by atoms with Gasteiger partial charge in [0, 0.05) is 74.1 Å². The van der Waals surface area contributed by atoms with E-state index in [1.165, 1.54) is 12.0 Å². The van der Waals surface area contributed by atoms with Crippen LogP contribution in [-0.4, -0.2) is 103 Å². The zero-order chi connectivity index (χ0) is 37.4. The number of hydrogen-bond acceptors (Lipinski definition) is 10. The highest BCUT2D eigenvalue weighted by Crippen LogP contribution is 2.40. The number of rotatable bonds is 15. The molecule has 3 atom stereocenters. The molecule has 1 aromatic heterocycles. The molecule has 0 bridgehead atoms. The predicted octanol–water partition coefficient (Wildman–Crippen LogP) is 6.68. The van der Waals surface area contributed by atoms with E-state index in [2.05, 4.69) is 80.3 Å². The molecule has 15 heteroatoms. The fraction of sp³-hybridized carbons (Fsp3) is 0.447. The van der Waals surface area contributed by atoms with Gasteiger partial charge in [0.1, 0.15) is 37.7 Å². The van der Waals surface area contributed by atoms with Crippen LogP contribution in [0.2, 0.25) is 10.0 Å². The highest BCUT2D eigenvalue weighted by Gasteiger charge is 2.45. The second-order valence-corrected chi connectivity index (χ2v) is 14.3. The van der Waals surface area contributed by atoms with E-state index in [9.17, 15) is 0 Å². The van der Waals surface area contributed by atoms with Crippen molar-refractivity contribution < 1.29 is 23.7 Å². The standard InChI is InChI=1S/C38H47Cl2N7O5S/c1-5-27(2)47(21-36(48-3)49-4)37(53)43-29-7-9-30(10-8-29)44-16-18-45(19-17-44)31-11-13-32(14-12-31)50-22-33-23-51-38(52-33,24-46-26-41-25-42-46)34-15-6-28(39)20-35(34)40/h6-15,20,25-27,33,36H,5,16-19,21-24H2,1-4H3,(H,43,53)/t27?,33-,38-/m1/s1. The highest BCUT2D eigenvalue weighted by molar-refractivity contribution is 7.80. The van der Waals surface area contributed by atoms with Gasteiger partial charge in [0.15, 0.2) is 11.4 Å². The van der Waals surface area contributed by atoms with Gasteiger partial charge in [0.2, 0.25) is 5.79 Å². The molecular weight excluding hydrogens is 737 g/mol. The van der Waals surface area contributed by atoms with Crippen LogP contribution in [0.25, 0.3) is 0 Å². The Morgan fingerprint density at radius 3 is 2.25 bits per heavy atom. The first kappa shape index (κ1) is 39.0. The summed E-state index contributed by atoms with van der Waals surface area (Å²) in [4.78, 5) is 11.0. The van der Waals surface area contributed by atoms with Crippen molar-refractivity contribution in [3.63, 3.8) is 0 Å². The monoisotopic (exact) mass is 783 g/mol. The Labute approximate surface area is 326 Å². The molecule has 53 heavy (non-hydrogen) atoms. The molecule has 0 amide bonds. The zero-order valence-electron chi connectivity index (χ0n) is 30.5. The number of benzene rings is 3. The number of methoxy groups -OCH3 is 2. The number of hydrogen-bond donors (Lipinski definition) is 1. The molecule has 284 valence electrons. The molecule has 1 N–H and O–H groups in total. The van der Waals surface area contributed by atoms with Gasteiger partial charge >= 0.3 is 0 Å². The highest BCUT2D eigenvalue weighted by atomic mass is 35.5. The van der Waals surface area contributed by atoms with Gasteiger partial charge < -0.3 is 43.7 Å². The van der Waals surface area contributed by atoms with E-state index in [4.69, 9.17) is 59.1 Å². The lowest BCUT2D eigenvalue weighted by molar-refractivity contribution is -0.190. The van der Waals surface area contributed by atoms with Gasteiger partial charge in [0.25, 0.3) is 0 Å². The van der Waals surface area contributed by atoms with Crippen LogP contribution in [0.3, 0.4) is 0 Å². The summed E-state index contributed by atoms with van der Waals surface area (Å²) in [6.45, 7) is 9.37. The average Bonchev–Trinajstić information content (AvgIpc) is 3.85. The van der Waals surface area contributed by atoms with Crippen molar-refractivity contribution in [3.05, 3.63) is 95.0 Å². The number of halogens is 2. The topological polar surface area (TPSA) is 98.6 Å². The van der Waals surface area contributed by atoms with Crippen molar-refractivity contribution in [1.29, 1.82) is 0 Å². The van der Waals surface area contributed by atoms with Crippen molar-refractivity contribution >= 4 is 57.6 Å². The maximum absolute atomic E-state index is 6.60. The molecule has 1 unspecified atom stereocenters. The number of aromatic nitrogens is 3. The summed E-state index contributed by atoms with van der Waals surface area (Å²) in [6, 6.07) is 22.2. The summed E-state index contributed by atoms with van der Waals surface area (Å²) in [6.07, 6.45) is 3.35. The van der Waals surface area contributed by atoms with Crippen LogP contribution in [-0.2, 0) is 31.3 Å². The average molecular weight is 785 g/mol. The minimum absolute atomic E-state index is 0.240. The van der Waals surface area contributed by atoms with Crippen LogP contribution in [0.5, 0.6) is 5.75 Å². The lowest BCUT2D eigenvalue weighted by atomic mass is 10.1. The Balaban J connectivity index is 0.985. The van der Waals surface area contributed by atoms with Crippen LogP contribution in [0.1, 0.15) is 25.8 Å². The first-order chi connectivity index (χ1) is 25.7. The fourth-order valence-electron chi connectivity index (χ4n) is 6.49. The van der Waals surface area contributed by atoms with Crippen LogP contribution in [0, 0.1) is 0 Å². The predicted molar refractivity (Wildman–Crippen MR) is 212 cm³/mol. The molecule has 2 saturated heterocycles. The Morgan fingerprint density at radius 2 is 1.66 bits per heavy atom. The Morgan fingerprint density at radius 1 is 1.00 bits per heavy atom. The first-order valence-electron chi connectivity index (χ1n) is 17.8. The summed E-state index contributed by atoms with van der Waals surface area (Å²) < 4.78 is 31.4. The van der Waals surface area contributed by atoms with Crippen LogP contribution in [0.15, 0.2) is 79.4 Å². The van der Waals surface area contributed by atoms with Crippen LogP contribution in [0.4, 0.5) is 17.1 Å². The van der Waals surface area contributed by atoms with E-state index in [0.717, 1.165) is 49.7 Å². The normalized spacial score (nSPS) is 19.4. The molecule has 4 aromatic rings. The molecule has 3 aromatic carbocycles. The molecule has 12 nitrogen and oxygen atoms in total. The van der Waals surface area contributed by atoms with Gasteiger partial charge in [-0.05, 0) is 86.2 Å². The Hall–Kier alpha value is -3.69. The molecule has 2 aliphatic heterocycles. The fourth-order valence-corrected chi connectivity index (χ4v) is 7.41. The van der Waals surface area contributed by atoms with Gasteiger partial charge in [-0.2, -0.15) is 5.10 Å². The van der Waals surface area contributed by atoms with Crippen molar-refractivity contribution in [2.24, 2.45) is 0 Å². The summed E-state index contributed by atoms with van der Waals surface area (Å²) in [5.41, 5.74) is 3.96. The number of ether oxygens (including phenoxy) is 5. The van der Waals surface area contributed by atoms with Gasteiger partial charge in [-0.1, -0.05) is 36.2 Å². The van der Waals surface area contributed by atoms with E-state index >= 15 is 0 Å². The third-order valence-electron chi connectivity index (χ3n) is 9.69. The molecule has 2 aliphatic rings. The third kappa shape index (κ3) is 9.71. The first-order valence-corrected chi connectivity index (χ1v) is 18.9. The van der Waals surface area contributed by atoms with E-state index in [0.29, 0.717) is 40.5 Å². The number of nitrogens with zero attached hydrogens (tertiary/aromatic N) is 6. The largest absolute Gasteiger partial charge is 0.491 e. The Bertz CT molecular complexity index is 1760. The van der Waals surface area contributed by atoms with E-state index in [1.54, 1.807) is 37.4 Å². The molecule has 0 spiro atoms. The molecule has 0 saturated carbocycles. The van der Waals surface area contributed by atoms with E-state index in [-0.39, 0.29) is 25.0 Å². The number of piperazine rings is 1. The SMILES string of the molecule is CCC(C)N(CC(OC)OC)C(=S)Nc1ccc(N2CCN(c3ccc(OC[C@@H]4CO[C@@](Cn5cncn5)(c5ccc(Cl)cc5Cl)O4)cc3)CC2)cc1. The minimum Gasteiger partial charge on any atom is -0.491 e. The molecular formula is C38H47Cl2N7O5S. The maximum atomic E-state index is 6.60. The summed E-state index contributed by atoms with van der Waals surface area (Å²) in [7, 11) is 3.28. The van der Waals surface area contributed by atoms with Crippen LogP contribution < -0.4 is 19.9 Å². The second kappa shape index (κ2) is 18.1. The van der Waals surface area contributed by atoms with E-state index < -0.39 is 5.79 Å². The molecule has 0 aliphatic carbocycles. The maximum Gasteiger partial charge on any atom is 0.217 e. The van der Waals surface area contributed by atoms with E-state index in [1.807, 2.05) is 18.2 Å². The molecule has 6 rings (SSSR count). The van der Waals surface area contributed by atoms with Crippen LogP contribution >= 0.6 is 35.4 Å². The summed E-state index contributed by atoms with van der Waals surface area (Å²) in [5.74, 6) is -0.401. The van der Waals surface area contributed by atoms with Crippen molar-refractivity contribution in [1.82, 2.24) is 19.7 Å². The Kier molecular flexibility index (Phi) is 13.3. The zero-order valence-corrected chi connectivity index (χ0v) is 32.8. The van der Waals surface area contributed by atoms with Gasteiger partial charge in [-0.25, -0.2) is 9.67 Å². The lowest BCUT2D eigenvalue weighted by Crippen LogP contribution is -2.46. The molecule has 0 radical (unpaired) electrons. The van der Waals surface area contributed by atoms with Crippen molar-refractivity contribution in [2.45, 2.75) is 51.0 Å². The second-order valence-electron chi connectivity index (χ2n) is 13.1. The van der Waals surface area contributed by atoms with Gasteiger partial charge in [0.05, 0.1) is 18.2 Å². The van der Waals surface area contributed by atoms with Gasteiger partial charge in [-0.15, -0.1) is 0 Å². The molecule has 3 heterocycles. The number of nitrogens with one attached hydrogen (secondary N) is 1. The lowest BCUT2D eigenvalue weighted by Gasteiger charge is -2.37. The minimum atomic E-state index is -1.16. The summed E-state index contributed by atoms with van der Waals surface area (Å²) in [5, 5.41) is 9.28. The smallest absolute Gasteiger partial charge is 0.217 e. The number of thiocarbonyl (C=S) groups is 1. The van der Waals surface area contributed by atoms with Crippen molar-refractivity contribution in [2.75, 3.05) is 75.3 Å². The summed E-state index contributed by atoms with van der Waals surface area (Å²) >= 11 is 18.6. The number of anilines is 3. The van der Waals surface area contributed by atoms with Gasteiger partial charge in [-0.3, -0.25) is 0 Å². The van der Waals surface area contributed by atoms with Crippen molar-refractivity contribution in [3.8, 4) is 5.75 Å². The third-order valence-corrected chi connectivity index (χ3v) is 10.6.